The average Bonchev–Trinajstić information content (AvgIpc) is 2.56. The molecule has 0 aliphatic rings. The van der Waals surface area contributed by atoms with Crippen molar-refractivity contribution >= 4 is 11.6 Å². The molecule has 4 nitrogen and oxygen atoms in total. The summed E-state index contributed by atoms with van der Waals surface area (Å²) in [5, 5.41) is 2.84. The third-order valence-electron chi connectivity index (χ3n) is 3.49. The standard InChI is InChI=1S/C20H23NO3/c1-5-11-23-18-8-6-7-17(13-18)21-20(22)16(4)24-19-12-14(2)9-10-15(19)3/h5-10,12-13,16H,1,11H2,2-4H3,(H,21,22)/t16-/m0/s1. The molecule has 0 fully saturated rings. The minimum atomic E-state index is -0.608. The molecule has 2 rings (SSSR count). The van der Waals surface area contributed by atoms with Crippen LogP contribution in [0.3, 0.4) is 0 Å². The molecule has 0 unspecified atom stereocenters. The number of carbonyl (C=O) groups excluding carboxylic acids is 1. The fourth-order valence-electron chi connectivity index (χ4n) is 2.14. The topological polar surface area (TPSA) is 47.6 Å². The zero-order chi connectivity index (χ0) is 17.5. The van der Waals surface area contributed by atoms with Crippen LogP contribution in [-0.2, 0) is 4.79 Å². The maximum absolute atomic E-state index is 12.3. The van der Waals surface area contributed by atoms with Crippen molar-refractivity contribution in [3.8, 4) is 11.5 Å². The van der Waals surface area contributed by atoms with Crippen LogP contribution in [0.4, 0.5) is 5.69 Å². The molecule has 1 amide bonds. The van der Waals surface area contributed by atoms with E-state index >= 15 is 0 Å². The first kappa shape index (κ1) is 17.6. The van der Waals surface area contributed by atoms with Gasteiger partial charge in [0.05, 0.1) is 0 Å². The Morgan fingerprint density at radius 3 is 2.79 bits per heavy atom. The molecule has 0 aromatic heterocycles. The van der Waals surface area contributed by atoms with Crippen LogP contribution in [0.25, 0.3) is 0 Å². The highest BCUT2D eigenvalue weighted by Gasteiger charge is 2.16. The molecule has 0 saturated heterocycles. The van der Waals surface area contributed by atoms with Crippen LogP contribution < -0.4 is 14.8 Å². The first-order valence-electron chi connectivity index (χ1n) is 7.88. The number of benzene rings is 2. The molecule has 0 radical (unpaired) electrons. The van der Waals surface area contributed by atoms with Gasteiger partial charge < -0.3 is 14.8 Å². The number of amides is 1. The Bertz CT molecular complexity index is 725. The Balaban J connectivity index is 2.01. The Morgan fingerprint density at radius 2 is 2.04 bits per heavy atom. The summed E-state index contributed by atoms with van der Waals surface area (Å²) in [6, 6.07) is 13.2. The van der Waals surface area contributed by atoms with E-state index in [0.29, 0.717) is 18.0 Å². The van der Waals surface area contributed by atoms with Crippen molar-refractivity contribution in [2.24, 2.45) is 0 Å². The summed E-state index contributed by atoms with van der Waals surface area (Å²) in [6.07, 6.45) is 1.06. The average molecular weight is 325 g/mol. The zero-order valence-electron chi connectivity index (χ0n) is 14.3. The second kappa shape index (κ2) is 8.20. The first-order valence-corrected chi connectivity index (χ1v) is 7.88. The van der Waals surface area contributed by atoms with E-state index in [9.17, 15) is 4.79 Å². The van der Waals surface area contributed by atoms with Gasteiger partial charge in [-0.05, 0) is 50.1 Å². The Labute approximate surface area is 143 Å². The lowest BCUT2D eigenvalue weighted by molar-refractivity contribution is -0.122. The van der Waals surface area contributed by atoms with E-state index in [1.54, 1.807) is 19.1 Å². The number of nitrogens with one attached hydrogen (secondary N) is 1. The molecule has 0 aliphatic heterocycles. The minimum absolute atomic E-state index is 0.211. The molecule has 0 spiro atoms. The number of ether oxygens (including phenoxy) is 2. The molecule has 0 aliphatic carbocycles. The van der Waals surface area contributed by atoms with E-state index in [0.717, 1.165) is 16.9 Å². The molecule has 1 N–H and O–H groups in total. The highest BCUT2D eigenvalue weighted by atomic mass is 16.5. The molecule has 126 valence electrons. The largest absolute Gasteiger partial charge is 0.489 e. The number of aryl methyl sites for hydroxylation is 2. The van der Waals surface area contributed by atoms with Crippen molar-refractivity contribution in [3.05, 3.63) is 66.2 Å². The predicted molar refractivity (Wildman–Crippen MR) is 96.8 cm³/mol. The lowest BCUT2D eigenvalue weighted by atomic mass is 10.1. The van der Waals surface area contributed by atoms with Gasteiger partial charge >= 0.3 is 0 Å². The molecular formula is C20H23NO3. The smallest absolute Gasteiger partial charge is 0.265 e. The van der Waals surface area contributed by atoms with Gasteiger partial charge in [0.25, 0.3) is 5.91 Å². The van der Waals surface area contributed by atoms with Gasteiger partial charge in [0, 0.05) is 11.8 Å². The number of anilines is 1. The third kappa shape index (κ3) is 4.88. The van der Waals surface area contributed by atoms with Crippen molar-refractivity contribution < 1.29 is 14.3 Å². The van der Waals surface area contributed by atoms with Crippen LogP contribution in [0.5, 0.6) is 11.5 Å². The van der Waals surface area contributed by atoms with E-state index in [-0.39, 0.29) is 5.91 Å². The molecule has 1 atom stereocenters. The van der Waals surface area contributed by atoms with Gasteiger partial charge in [-0.2, -0.15) is 0 Å². The van der Waals surface area contributed by atoms with Crippen LogP contribution in [0.15, 0.2) is 55.1 Å². The van der Waals surface area contributed by atoms with Crippen molar-refractivity contribution in [2.75, 3.05) is 11.9 Å². The molecular weight excluding hydrogens is 302 g/mol. The van der Waals surface area contributed by atoms with Gasteiger partial charge in [-0.15, -0.1) is 0 Å². The quantitative estimate of drug-likeness (QED) is 0.773. The molecule has 2 aromatic rings. The molecule has 0 bridgehead atoms. The zero-order valence-corrected chi connectivity index (χ0v) is 14.3. The Hall–Kier alpha value is -2.75. The fourth-order valence-corrected chi connectivity index (χ4v) is 2.14. The lowest BCUT2D eigenvalue weighted by Crippen LogP contribution is -2.30. The van der Waals surface area contributed by atoms with Crippen molar-refractivity contribution in [3.63, 3.8) is 0 Å². The second-order valence-electron chi connectivity index (χ2n) is 5.65. The minimum Gasteiger partial charge on any atom is -0.489 e. The summed E-state index contributed by atoms with van der Waals surface area (Å²) in [6.45, 7) is 9.71. The summed E-state index contributed by atoms with van der Waals surface area (Å²) >= 11 is 0. The number of hydrogen-bond donors (Lipinski definition) is 1. The summed E-state index contributed by atoms with van der Waals surface area (Å²) in [7, 11) is 0. The van der Waals surface area contributed by atoms with Gasteiger partial charge in [0.15, 0.2) is 6.10 Å². The SMILES string of the molecule is C=CCOc1cccc(NC(=O)[C@H](C)Oc2cc(C)ccc2C)c1. The van der Waals surface area contributed by atoms with Gasteiger partial charge in [-0.1, -0.05) is 30.9 Å². The molecule has 4 heteroatoms. The van der Waals surface area contributed by atoms with Gasteiger partial charge in [-0.3, -0.25) is 4.79 Å². The normalized spacial score (nSPS) is 11.5. The summed E-state index contributed by atoms with van der Waals surface area (Å²) < 4.78 is 11.3. The molecule has 0 saturated carbocycles. The highest BCUT2D eigenvalue weighted by Crippen LogP contribution is 2.21. The summed E-state index contributed by atoms with van der Waals surface area (Å²) in [4.78, 5) is 12.3. The van der Waals surface area contributed by atoms with Crippen LogP contribution in [0.2, 0.25) is 0 Å². The van der Waals surface area contributed by atoms with Crippen molar-refractivity contribution in [1.29, 1.82) is 0 Å². The Kier molecular flexibility index (Phi) is 6.01. The van der Waals surface area contributed by atoms with E-state index in [1.165, 1.54) is 0 Å². The second-order valence-corrected chi connectivity index (χ2v) is 5.65. The maximum Gasteiger partial charge on any atom is 0.265 e. The monoisotopic (exact) mass is 325 g/mol. The van der Waals surface area contributed by atoms with E-state index in [2.05, 4.69) is 11.9 Å². The van der Waals surface area contributed by atoms with Crippen LogP contribution in [-0.4, -0.2) is 18.6 Å². The van der Waals surface area contributed by atoms with Crippen molar-refractivity contribution in [2.45, 2.75) is 26.9 Å². The van der Waals surface area contributed by atoms with Gasteiger partial charge in [-0.25, -0.2) is 0 Å². The molecule has 2 aromatic carbocycles. The Morgan fingerprint density at radius 1 is 1.25 bits per heavy atom. The van der Waals surface area contributed by atoms with E-state index < -0.39 is 6.10 Å². The van der Waals surface area contributed by atoms with Crippen LogP contribution >= 0.6 is 0 Å². The fraction of sp³-hybridized carbons (Fsp3) is 0.250. The predicted octanol–water partition coefficient (Wildman–Crippen LogP) is 4.27. The highest BCUT2D eigenvalue weighted by molar-refractivity contribution is 5.94. The van der Waals surface area contributed by atoms with Gasteiger partial charge in [0.2, 0.25) is 0 Å². The maximum atomic E-state index is 12.3. The van der Waals surface area contributed by atoms with Crippen LogP contribution in [0, 0.1) is 13.8 Å². The summed E-state index contributed by atoms with van der Waals surface area (Å²) in [5.41, 5.74) is 2.76. The van der Waals surface area contributed by atoms with E-state index in [1.807, 2.05) is 50.2 Å². The van der Waals surface area contributed by atoms with E-state index in [4.69, 9.17) is 9.47 Å². The lowest BCUT2D eigenvalue weighted by Gasteiger charge is -2.17. The van der Waals surface area contributed by atoms with Gasteiger partial charge in [0.1, 0.15) is 18.1 Å². The first-order chi connectivity index (χ1) is 11.5. The summed E-state index contributed by atoms with van der Waals surface area (Å²) in [5.74, 6) is 1.19. The van der Waals surface area contributed by atoms with Crippen molar-refractivity contribution in [1.82, 2.24) is 0 Å². The number of hydrogen-bond acceptors (Lipinski definition) is 3. The van der Waals surface area contributed by atoms with Crippen LogP contribution in [0.1, 0.15) is 18.1 Å². The molecule has 24 heavy (non-hydrogen) atoms. The molecule has 0 heterocycles. The number of carbonyl (C=O) groups is 1. The third-order valence-corrected chi connectivity index (χ3v) is 3.49. The number of rotatable bonds is 7.